The van der Waals surface area contributed by atoms with Crippen molar-refractivity contribution in [1.82, 2.24) is 0 Å². The van der Waals surface area contributed by atoms with Gasteiger partial charge in [0.05, 0.1) is 11.5 Å². The van der Waals surface area contributed by atoms with Crippen LogP contribution < -0.4 is 0 Å². The fourth-order valence-electron chi connectivity index (χ4n) is 1.07. The molecule has 0 saturated heterocycles. The van der Waals surface area contributed by atoms with Crippen LogP contribution in [0.25, 0.3) is 0 Å². The number of aliphatic hydroxyl groups excluding tert-OH is 1. The summed E-state index contributed by atoms with van der Waals surface area (Å²) in [6, 6.07) is 5.61. The largest absolute Gasteiger partial charge is 0.393 e. The lowest BCUT2D eigenvalue weighted by molar-refractivity contribution is -0.384. The summed E-state index contributed by atoms with van der Waals surface area (Å²) in [6.45, 7) is -0.531. The predicted molar refractivity (Wildman–Crippen MR) is 48.8 cm³/mol. The van der Waals surface area contributed by atoms with Crippen LogP contribution in [0.3, 0.4) is 0 Å². The van der Waals surface area contributed by atoms with Crippen LogP contribution in [-0.4, -0.2) is 22.8 Å². The first-order valence-electron chi connectivity index (χ1n) is 4.11. The van der Waals surface area contributed by atoms with Crippen LogP contribution in [0.15, 0.2) is 24.3 Å². The van der Waals surface area contributed by atoms with Crippen LogP contribution in [-0.2, 0) is 6.42 Å². The maximum absolute atomic E-state index is 12.7. The van der Waals surface area contributed by atoms with E-state index in [-0.39, 0.29) is 12.1 Å². The number of non-ortho nitro benzene ring substituents is 1. The summed E-state index contributed by atoms with van der Waals surface area (Å²) in [5.41, 5.74) is 0.616. The van der Waals surface area contributed by atoms with Gasteiger partial charge in [0, 0.05) is 18.6 Å². The molecule has 0 amide bonds. The number of nitro benzene ring substituents is 1. The standard InChI is InChI=1S/C9H10FNO3/c10-8(6-12)5-7-1-3-9(4-2-7)11(13)14/h1-4,8,12H,5-6H2. The SMILES string of the molecule is O=[N+]([O-])c1ccc(CC(F)CO)cc1. The van der Waals surface area contributed by atoms with Gasteiger partial charge < -0.3 is 5.11 Å². The van der Waals surface area contributed by atoms with E-state index in [9.17, 15) is 14.5 Å². The highest BCUT2D eigenvalue weighted by Gasteiger charge is 2.08. The van der Waals surface area contributed by atoms with Crippen LogP contribution in [0.1, 0.15) is 5.56 Å². The second-order valence-corrected chi connectivity index (χ2v) is 2.91. The van der Waals surface area contributed by atoms with Crippen LogP contribution in [0.4, 0.5) is 10.1 Å². The zero-order chi connectivity index (χ0) is 10.6. The number of aliphatic hydroxyl groups is 1. The van der Waals surface area contributed by atoms with Crippen LogP contribution in [0.2, 0.25) is 0 Å². The fourth-order valence-corrected chi connectivity index (χ4v) is 1.07. The first kappa shape index (κ1) is 10.6. The zero-order valence-corrected chi connectivity index (χ0v) is 7.39. The highest BCUT2D eigenvalue weighted by molar-refractivity contribution is 5.33. The Bertz CT molecular complexity index is 312. The molecule has 0 fully saturated rings. The molecule has 0 radical (unpaired) electrons. The van der Waals surface area contributed by atoms with E-state index in [2.05, 4.69) is 0 Å². The van der Waals surface area contributed by atoms with Crippen molar-refractivity contribution in [2.24, 2.45) is 0 Å². The second-order valence-electron chi connectivity index (χ2n) is 2.91. The Morgan fingerprint density at radius 1 is 1.43 bits per heavy atom. The van der Waals surface area contributed by atoms with Gasteiger partial charge in [-0.2, -0.15) is 0 Å². The van der Waals surface area contributed by atoms with Crippen LogP contribution in [0.5, 0.6) is 0 Å². The van der Waals surface area contributed by atoms with Crippen molar-refractivity contribution in [3.8, 4) is 0 Å². The van der Waals surface area contributed by atoms with E-state index in [4.69, 9.17) is 5.11 Å². The average molecular weight is 199 g/mol. The van der Waals surface area contributed by atoms with Crippen molar-refractivity contribution >= 4 is 5.69 Å². The molecule has 0 aliphatic carbocycles. The first-order chi connectivity index (χ1) is 6.63. The van der Waals surface area contributed by atoms with E-state index in [1.54, 1.807) is 0 Å². The molecule has 1 unspecified atom stereocenters. The van der Waals surface area contributed by atoms with Crippen LogP contribution in [0, 0.1) is 10.1 Å². The minimum Gasteiger partial charge on any atom is -0.393 e. The molecule has 0 aliphatic heterocycles. The lowest BCUT2D eigenvalue weighted by Crippen LogP contribution is -2.09. The molecule has 1 N–H and O–H groups in total. The minimum absolute atomic E-state index is 0.0202. The molecule has 1 aromatic carbocycles. The molecule has 4 nitrogen and oxygen atoms in total. The third kappa shape index (κ3) is 2.77. The second kappa shape index (κ2) is 4.66. The fraction of sp³-hybridized carbons (Fsp3) is 0.333. The van der Waals surface area contributed by atoms with E-state index in [1.807, 2.05) is 0 Å². The van der Waals surface area contributed by atoms with Crippen molar-refractivity contribution in [1.29, 1.82) is 0 Å². The molecule has 76 valence electrons. The first-order valence-corrected chi connectivity index (χ1v) is 4.11. The number of halogens is 1. The Hall–Kier alpha value is -1.49. The molecule has 0 aliphatic rings. The van der Waals surface area contributed by atoms with Gasteiger partial charge in [0.15, 0.2) is 0 Å². The highest BCUT2D eigenvalue weighted by atomic mass is 19.1. The van der Waals surface area contributed by atoms with Gasteiger partial charge in [0.2, 0.25) is 0 Å². The Morgan fingerprint density at radius 3 is 2.43 bits per heavy atom. The summed E-state index contributed by atoms with van der Waals surface area (Å²) in [6.07, 6.45) is -1.23. The van der Waals surface area contributed by atoms with E-state index < -0.39 is 17.7 Å². The average Bonchev–Trinajstić information content (AvgIpc) is 2.18. The Morgan fingerprint density at radius 2 is 2.00 bits per heavy atom. The molecule has 14 heavy (non-hydrogen) atoms. The molecule has 1 rings (SSSR count). The van der Waals surface area contributed by atoms with Gasteiger partial charge in [-0.15, -0.1) is 0 Å². The van der Waals surface area contributed by atoms with Crippen molar-refractivity contribution < 1.29 is 14.4 Å². The Balaban J connectivity index is 2.68. The van der Waals surface area contributed by atoms with Crippen molar-refractivity contribution in [3.63, 3.8) is 0 Å². The summed E-state index contributed by atoms with van der Waals surface area (Å²) in [5.74, 6) is 0. The molecule has 0 heterocycles. The summed E-state index contributed by atoms with van der Waals surface area (Å²) in [4.78, 5) is 9.77. The van der Waals surface area contributed by atoms with Gasteiger partial charge in [-0.3, -0.25) is 10.1 Å². The number of alkyl halides is 1. The molecule has 1 aromatic rings. The van der Waals surface area contributed by atoms with Gasteiger partial charge in [0.1, 0.15) is 6.17 Å². The monoisotopic (exact) mass is 199 g/mol. The van der Waals surface area contributed by atoms with Crippen molar-refractivity contribution in [2.75, 3.05) is 6.61 Å². The minimum atomic E-state index is -1.31. The normalized spacial score (nSPS) is 12.4. The third-order valence-electron chi connectivity index (χ3n) is 1.80. The third-order valence-corrected chi connectivity index (χ3v) is 1.80. The smallest absolute Gasteiger partial charge is 0.269 e. The summed E-state index contributed by atoms with van der Waals surface area (Å²) in [5, 5.41) is 18.7. The Kier molecular flexibility index (Phi) is 3.53. The molecular weight excluding hydrogens is 189 g/mol. The number of hydrogen-bond acceptors (Lipinski definition) is 3. The van der Waals surface area contributed by atoms with Gasteiger partial charge in [-0.25, -0.2) is 4.39 Å². The van der Waals surface area contributed by atoms with Gasteiger partial charge in [-0.05, 0) is 5.56 Å². The summed E-state index contributed by atoms with van der Waals surface area (Å²) in [7, 11) is 0. The van der Waals surface area contributed by atoms with Crippen molar-refractivity contribution in [2.45, 2.75) is 12.6 Å². The molecule has 0 aromatic heterocycles. The summed E-state index contributed by atoms with van der Waals surface area (Å²) >= 11 is 0. The topological polar surface area (TPSA) is 63.4 Å². The predicted octanol–water partition coefficient (Wildman–Crippen LogP) is 1.47. The summed E-state index contributed by atoms with van der Waals surface area (Å²) < 4.78 is 12.7. The Labute approximate surface area is 80.1 Å². The number of benzene rings is 1. The maximum Gasteiger partial charge on any atom is 0.269 e. The molecule has 0 bridgehead atoms. The van der Waals surface area contributed by atoms with Gasteiger partial charge in [-0.1, -0.05) is 12.1 Å². The number of rotatable bonds is 4. The lowest BCUT2D eigenvalue weighted by atomic mass is 10.1. The quantitative estimate of drug-likeness (QED) is 0.589. The number of hydrogen-bond donors (Lipinski definition) is 1. The van der Waals surface area contributed by atoms with E-state index in [1.165, 1.54) is 24.3 Å². The molecule has 5 heteroatoms. The van der Waals surface area contributed by atoms with Gasteiger partial charge in [0.25, 0.3) is 5.69 Å². The van der Waals surface area contributed by atoms with Crippen LogP contribution >= 0.6 is 0 Å². The lowest BCUT2D eigenvalue weighted by Gasteiger charge is -2.03. The highest BCUT2D eigenvalue weighted by Crippen LogP contribution is 2.13. The van der Waals surface area contributed by atoms with E-state index in [0.717, 1.165) is 0 Å². The van der Waals surface area contributed by atoms with Gasteiger partial charge >= 0.3 is 0 Å². The van der Waals surface area contributed by atoms with E-state index in [0.29, 0.717) is 5.56 Å². The van der Waals surface area contributed by atoms with E-state index >= 15 is 0 Å². The number of nitro groups is 1. The zero-order valence-electron chi connectivity index (χ0n) is 7.39. The molecule has 1 atom stereocenters. The molecule has 0 spiro atoms. The molecule has 0 saturated carbocycles. The maximum atomic E-state index is 12.7. The van der Waals surface area contributed by atoms with Crippen molar-refractivity contribution in [3.05, 3.63) is 39.9 Å². The molecular formula is C9H10FNO3. The number of nitrogens with zero attached hydrogens (tertiary/aromatic N) is 1.